The minimum atomic E-state index is -0.788. The minimum Gasteiger partial charge on any atom is -0.481 e. The molecule has 1 N–H and O–H groups in total. The number of benzene rings is 2. The van der Waals surface area contributed by atoms with Gasteiger partial charge in [-0.1, -0.05) is 41.9 Å². The van der Waals surface area contributed by atoms with E-state index in [1.165, 1.54) is 0 Å². The largest absolute Gasteiger partial charge is 0.481 e. The van der Waals surface area contributed by atoms with Crippen LogP contribution < -0.4 is 0 Å². The van der Waals surface area contributed by atoms with Gasteiger partial charge in [0.05, 0.1) is 0 Å². The van der Waals surface area contributed by atoms with Crippen LogP contribution in [0.3, 0.4) is 0 Å². The summed E-state index contributed by atoms with van der Waals surface area (Å²) in [6.07, 6.45) is 0.640. The normalized spacial score (nSPS) is 10.6. The highest BCUT2D eigenvalue weighted by Gasteiger charge is 2.06. The van der Waals surface area contributed by atoms with Gasteiger partial charge in [-0.05, 0) is 23.4 Å². The number of rotatable bonds is 3. The highest BCUT2D eigenvalue weighted by atomic mass is 35.5. The van der Waals surface area contributed by atoms with Crippen LogP contribution in [0.15, 0.2) is 36.4 Å². The lowest BCUT2D eigenvalue weighted by molar-refractivity contribution is -0.136. The number of aryl methyl sites for hydroxylation is 1. The molecule has 2 rings (SSSR count). The second-order valence-corrected chi connectivity index (χ2v) is 4.06. The standard InChI is InChI=1S/C13H11ClO2/c14-11-6-2-5-9-3-1-4-10(13(9)11)7-8-12(15)16/h1-6H,7-8H2,(H,15,16). The van der Waals surface area contributed by atoms with Crippen molar-refractivity contribution in [1.29, 1.82) is 0 Å². The second-order valence-electron chi connectivity index (χ2n) is 3.65. The van der Waals surface area contributed by atoms with E-state index < -0.39 is 5.97 Å². The van der Waals surface area contributed by atoms with Crippen LogP contribution in [0, 0.1) is 0 Å². The summed E-state index contributed by atoms with van der Waals surface area (Å²) in [4.78, 5) is 10.6. The van der Waals surface area contributed by atoms with Gasteiger partial charge in [-0.2, -0.15) is 0 Å². The Bertz CT molecular complexity index is 529. The average Bonchev–Trinajstić information content (AvgIpc) is 2.26. The van der Waals surface area contributed by atoms with Crippen LogP contribution in [-0.2, 0) is 11.2 Å². The van der Waals surface area contributed by atoms with Crippen molar-refractivity contribution in [3.8, 4) is 0 Å². The molecule has 0 aliphatic carbocycles. The zero-order valence-electron chi connectivity index (χ0n) is 8.61. The van der Waals surface area contributed by atoms with Gasteiger partial charge >= 0.3 is 5.97 Å². The maximum atomic E-state index is 10.6. The van der Waals surface area contributed by atoms with E-state index in [0.717, 1.165) is 16.3 Å². The predicted octanol–water partition coefficient (Wildman–Crippen LogP) is 3.51. The van der Waals surface area contributed by atoms with Gasteiger partial charge in [0.2, 0.25) is 0 Å². The lowest BCUT2D eigenvalue weighted by atomic mass is 10.0. The van der Waals surface area contributed by atoms with Crippen molar-refractivity contribution in [1.82, 2.24) is 0 Å². The number of hydrogen-bond acceptors (Lipinski definition) is 1. The summed E-state index contributed by atoms with van der Waals surface area (Å²) in [6, 6.07) is 11.5. The third kappa shape index (κ3) is 2.17. The fourth-order valence-corrected chi connectivity index (χ4v) is 2.12. The number of carboxylic acids is 1. The molecule has 0 aliphatic rings. The molecule has 2 aromatic rings. The SMILES string of the molecule is O=C(O)CCc1cccc2cccc(Cl)c12. The molecule has 0 saturated heterocycles. The summed E-state index contributed by atoms with van der Waals surface area (Å²) in [5, 5.41) is 11.4. The Labute approximate surface area is 98.5 Å². The van der Waals surface area contributed by atoms with E-state index in [9.17, 15) is 4.79 Å². The van der Waals surface area contributed by atoms with E-state index in [1.54, 1.807) is 0 Å². The van der Waals surface area contributed by atoms with Gasteiger partial charge in [-0.3, -0.25) is 4.79 Å². The van der Waals surface area contributed by atoms with Crippen molar-refractivity contribution < 1.29 is 9.90 Å². The lowest BCUT2D eigenvalue weighted by Crippen LogP contribution is -1.98. The number of halogens is 1. The molecule has 82 valence electrons. The fraction of sp³-hybridized carbons (Fsp3) is 0.154. The molecule has 0 aromatic heterocycles. The first-order chi connectivity index (χ1) is 7.68. The number of carbonyl (C=O) groups is 1. The molecule has 0 saturated carbocycles. The summed E-state index contributed by atoms with van der Waals surface area (Å²) in [6.45, 7) is 0. The van der Waals surface area contributed by atoms with Gasteiger partial charge in [-0.15, -0.1) is 0 Å². The van der Waals surface area contributed by atoms with Gasteiger partial charge in [0, 0.05) is 16.8 Å². The Morgan fingerprint density at radius 1 is 1.19 bits per heavy atom. The van der Waals surface area contributed by atoms with Gasteiger partial charge < -0.3 is 5.11 Å². The monoisotopic (exact) mass is 234 g/mol. The van der Waals surface area contributed by atoms with E-state index >= 15 is 0 Å². The van der Waals surface area contributed by atoms with Crippen LogP contribution in [-0.4, -0.2) is 11.1 Å². The molecule has 0 amide bonds. The van der Waals surface area contributed by atoms with Crippen LogP contribution in [0.25, 0.3) is 10.8 Å². The number of aliphatic carboxylic acids is 1. The molecule has 0 atom stereocenters. The molecular weight excluding hydrogens is 224 g/mol. The average molecular weight is 235 g/mol. The topological polar surface area (TPSA) is 37.3 Å². The van der Waals surface area contributed by atoms with Crippen molar-refractivity contribution >= 4 is 28.3 Å². The zero-order valence-corrected chi connectivity index (χ0v) is 9.37. The molecule has 16 heavy (non-hydrogen) atoms. The Morgan fingerprint density at radius 3 is 2.56 bits per heavy atom. The molecule has 0 spiro atoms. The molecular formula is C13H11ClO2. The van der Waals surface area contributed by atoms with E-state index in [0.29, 0.717) is 11.4 Å². The van der Waals surface area contributed by atoms with E-state index in [-0.39, 0.29) is 6.42 Å². The fourth-order valence-electron chi connectivity index (χ4n) is 1.82. The second kappa shape index (κ2) is 4.54. The smallest absolute Gasteiger partial charge is 0.303 e. The summed E-state index contributed by atoms with van der Waals surface area (Å²) >= 11 is 6.13. The Morgan fingerprint density at radius 2 is 1.88 bits per heavy atom. The summed E-state index contributed by atoms with van der Waals surface area (Å²) in [5.74, 6) is -0.788. The highest BCUT2D eigenvalue weighted by molar-refractivity contribution is 6.35. The van der Waals surface area contributed by atoms with Crippen molar-refractivity contribution in [2.24, 2.45) is 0 Å². The molecule has 2 nitrogen and oxygen atoms in total. The molecule has 0 aliphatic heterocycles. The van der Waals surface area contributed by atoms with Crippen LogP contribution in [0.5, 0.6) is 0 Å². The van der Waals surface area contributed by atoms with Gasteiger partial charge in [0.1, 0.15) is 0 Å². The highest BCUT2D eigenvalue weighted by Crippen LogP contribution is 2.27. The summed E-state index contributed by atoms with van der Waals surface area (Å²) < 4.78 is 0. The Balaban J connectivity index is 2.48. The maximum Gasteiger partial charge on any atom is 0.303 e. The van der Waals surface area contributed by atoms with Gasteiger partial charge in [0.15, 0.2) is 0 Å². The van der Waals surface area contributed by atoms with Crippen molar-refractivity contribution in [3.05, 3.63) is 47.0 Å². The Kier molecular flexibility index (Phi) is 3.11. The molecule has 0 unspecified atom stereocenters. The van der Waals surface area contributed by atoms with Gasteiger partial charge in [0.25, 0.3) is 0 Å². The minimum absolute atomic E-state index is 0.129. The Hall–Kier alpha value is -1.54. The first-order valence-corrected chi connectivity index (χ1v) is 5.44. The molecule has 2 aromatic carbocycles. The van der Waals surface area contributed by atoms with Gasteiger partial charge in [-0.25, -0.2) is 0 Å². The van der Waals surface area contributed by atoms with Crippen molar-refractivity contribution in [3.63, 3.8) is 0 Å². The number of carboxylic acid groups (broad SMARTS) is 1. The van der Waals surface area contributed by atoms with Crippen LogP contribution in [0.4, 0.5) is 0 Å². The van der Waals surface area contributed by atoms with Crippen molar-refractivity contribution in [2.75, 3.05) is 0 Å². The van der Waals surface area contributed by atoms with Crippen LogP contribution in [0.1, 0.15) is 12.0 Å². The molecule has 0 heterocycles. The summed E-state index contributed by atoms with van der Waals surface area (Å²) in [7, 11) is 0. The van der Waals surface area contributed by atoms with E-state index in [1.807, 2.05) is 36.4 Å². The third-order valence-electron chi connectivity index (χ3n) is 2.55. The third-order valence-corrected chi connectivity index (χ3v) is 2.86. The molecule has 0 radical (unpaired) electrons. The molecule has 0 fully saturated rings. The lowest BCUT2D eigenvalue weighted by Gasteiger charge is -2.06. The predicted molar refractivity (Wildman–Crippen MR) is 64.9 cm³/mol. The first kappa shape index (κ1) is 11.0. The zero-order chi connectivity index (χ0) is 11.5. The molecule has 3 heteroatoms. The molecule has 0 bridgehead atoms. The van der Waals surface area contributed by atoms with E-state index in [2.05, 4.69) is 0 Å². The number of fused-ring (bicyclic) bond motifs is 1. The van der Waals surface area contributed by atoms with Crippen LogP contribution >= 0.6 is 11.6 Å². The number of hydrogen-bond donors (Lipinski definition) is 1. The maximum absolute atomic E-state index is 10.6. The quantitative estimate of drug-likeness (QED) is 0.883. The first-order valence-electron chi connectivity index (χ1n) is 5.06. The van der Waals surface area contributed by atoms with Crippen molar-refractivity contribution in [2.45, 2.75) is 12.8 Å². The summed E-state index contributed by atoms with van der Waals surface area (Å²) in [5.41, 5.74) is 0.991. The van der Waals surface area contributed by atoms with Crippen LogP contribution in [0.2, 0.25) is 5.02 Å². The van der Waals surface area contributed by atoms with E-state index in [4.69, 9.17) is 16.7 Å².